The van der Waals surface area contributed by atoms with Crippen molar-refractivity contribution in [3.05, 3.63) is 55.7 Å². The first kappa shape index (κ1) is 13.9. The number of nitrogens with one attached hydrogen (secondary N) is 1. The van der Waals surface area contributed by atoms with Crippen molar-refractivity contribution in [1.82, 2.24) is 5.32 Å². The molecule has 1 unspecified atom stereocenters. The van der Waals surface area contributed by atoms with Crippen LogP contribution in [0.2, 0.25) is 10.0 Å². The van der Waals surface area contributed by atoms with Gasteiger partial charge in [-0.1, -0.05) is 42.3 Å². The molecule has 0 bridgehead atoms. The summed E-state index contributed by atoms with van der Waals surface area (Å²) < 4.78 is 0. The Hall–Kier alpha value is -0.540. The molecule has 0 saturated heterocycles. The van der Waals surface area contributed by atoms with E-state index in [0.29, 0.717) is 10.0 Å². The van der Waals surface area contributed by atoms with Gasteiger partial charge in [0.2, 0.25) is 0 Å². The van der Waals surface area contributed by atoms with Crippen LogP contribution in [0.3, 0.4) is 0 Å². The van der Waals surface area contributed by atoms with Crippen molar-refractivity contribution in [2.75, 3.05) is 6.54 Å². The van der Waals surface area contributed by atoms with Gasteiger partial charge < -0.3 is 5.32 Å². The van der Waals surface area contributed by atoms with Crippen molar-refractivity contribution < 1.29 is 0 Å². The van der Waals surface area contributed by atoms with E-state index in [-0.39, 0.29) is 6.04 Å². The monoisotopic (exact) mass is 299 g/mol. The highest BCUT2D eigenvalue weighted by atomic mass is 35.5. The first-order valence-corrected chi connectivity index (χ1v) is 7.44. The highest BCUT2D eigenvalue weighted by molar-refractivity contribution is 7.12. The number of rotatable bonds is 4. The van der Waals surface area contributed by atoms with Gasteiger partial charge in [-0.05, 0) is 37.2 Å². The molecule has 1 N–H and O–H groups in total. The van der Waals surface area contributed by atoms with Crippen LogP contribution < -0.4 is 5.32 Å². The van der Waals surface area contributed by atoms with Crippen LogP contribution in [-0.4, -0.2) is 6.54 Å². The molecule has 2 rings (SSSR count). The van der Waals surface area contributed by atoms with E-state index in [4.69, 9.17) is 23.2 Å². The Labute approximate surface area is 122 Å². The number of hydrogen-bond acceptors (Lipinski definition) is 2. The Bertz CT molecular complexity index is 536. The lowest BCUT2D eigenvalue weighted by Gasteiger charge is -2.18. The maximum Gasteiger partial charge on any atom is 0.0686 e. The molecule has 0 amide bonds. The molecule has 0 aliphatic rings. The first-order chi connectivity index (χ1) is 8.63. The second-order valence-corrected chi connectivity index (χ2v) is 6.19. The average Bonchev–Trinajstić information content (AvgIpc) is 2.77. The van der Waals surface area contributed by atoms with Gasteiger partial charge in [-0.15, -0.1) is 11.3 Å². The number of thiophene rings is 1. The fourth-order valence-corrected chi connectivity index (χ4v) is 3.31. The molecule has 1 heterocycles. The third kappa shape index (κ3) is 2.89. The van der Waals surface area contributed by atoms with E-state index < -0.39 is 0 Å². The Morgan fingerprint density at radius 1 is 1.22 bits per heavy atom. The predicted molar refractivity (Wildman–Crippen MR) is 81.0 cm³/mol. The predicted octanol–water partition coefficient (Wildman–Crippen LogP) is 5.06. The standard InChI is InChI=1S/C14H15Cl2NS/c1-3-17-14(12-8-7-9(2)18-12)10-5-4-6-11(15)13(10)16/h4-8,14,17H,3H2,1-2H3. The molecule has 0 fully saturated rings. The minimum Gasteiger partial charge on any atom is -0.306 e. The highest BCUT2D eigenvalue weighted by Crippen LogP contribution is 2.35. The van der Waals surface area contributed by atoms with Crippen LogP contribution in [0.15, 0.2) is 30.3 Å². The van der Waals surface area contributed by atoms with Crippen LogP contribution in [0.1, 0.15) is 28.3 Å². The van der Waals surface area contributed by atoms with Gasteiger partial charge in [0.1, 0.15) is 0 Å². The maximum absolute atomic E-state index is 6.31. The Morgan fingerprint density at radius 3 is 2.61 bits per heavy atom. The van der Waals surface area contributed by atoms with E-state index in [0.717, 1.165) is 12.1 Å². The fraction of sp³-hybridized carbons (Fsp3) is 0.286. The number of halogens is 2. The zero-order chi connectivity index (χ0) is 13.1. The molecule has 2 aromatic rings. The number of aryl methyl sites for hydroxylation is 1. The SMILES string of the molecule is CCNC(c1ccc(C)s1)c1cccc(Cl)c1Cl. The van der Waals surface area contributed by atoms with Gasteiger partial charge >= 0.3 is 0 Å². The molecule has 4 heteroatoms. The van der Waals surface area contributed by atoms with Gasteiger partial charge in [0.25, 0.3) is 0 Å². The second kappa shape index (κ2) is 6.07. The molecule has 0 spiro atoms. The molecule has 0 aliphatic heterocycles. The summed E-state index contributed by atoms with van der Waals surface area (Å²) in [4.78, 5) is 2.56. The zero-order valence-electron chi connectivity index (χ0n) is 10.3. The lowest BCUT2D eigenvalue weighted by molar-refractivity contribution is 0.640. The Balaban J connectivity index is 2.44. The lowest BCUT2D eigenvalue weighted by atomic mass is 10.1. The Morgan fingerprint density at radius 2 is 2.00 bits per heavy atom. The molecule has 0 saturated carbocycles. The van der Waals surface area contributed by atoms with Crippen LogP contribution in [-0.2, 0) is 0 Å². The summed E-state index contributed by atoms with van der Waals surface area (Å²) in [6, 6.07) is 10.2. The van der Waals surface area contributed by atoms with Crippen LogP contribution in [0.25, 0.3) is 0 Å². The van der Waals surface area contributed by atoms with Crippen LogP contribution in [0, 0.1) is 6.92 Å². The van der Waals surface area contributed by atoms with E-state index in [2.05, 4.69) is 31.3 Å². The lowest BCUT2D eigenvalue weighted by Crippen LogP contribution is -2.21. The number of benzene rings is 1. The van der Waals surface area contributed by atoms with E-state index >= 15 is 0 Å². The molecular formula is C14H15Cl2NS. The smallest absolute Gasteiger partial charge is 0.0686 e. The van der Waals surface area contributed by atoms with Crippen molar-refractivity contribution in [2.24, 2.45) is 0 Å². The summed E-state index contributed by atoms with van der Waals surface area (Å²) in [6.07, 6.45) is 0. The van der Waals surface area contributed by atoms with Gasteiger partial charge in [0.15, 0.2) is 0 Å². The summed E-state index contributed by atoms with van der Waals surface area (Å²) in [6.45, 7) is 5.08. The van der Waals surface area contributed by atoms with E-state index in [1.165, 1.54) is 9.75 Å². The van der Waals surface area contributed by atoms with Crippen LogP contribution in [0.4, 0.5) is 0 Å². The van der Waals surface area contributed by atoms with Crippen molar-refractivity contribution in [3.8, 4) is 0 Å². The van der Waals surface area contributed by atoms with Crippen molar-refractivity contribution in [1.29, 1.82) is 0 Å². The normalized spacial score (nSPS) is 12.7. The third-order valence-electron chi connectivity index (χ3n) is 2.75. The average molecular weight is 300 g/mol. The third-order valence-corrected chi connectivity index (χ3v) is 4.65. The zero-order valence-corrected chi connectivity index (χ0v) is 12.7. The quantitative estimate of drug-likeness (QED) is 0.832. The van der Waals surface area contributed by atoms with Gasteiger partial charge in [-0.25, -0.2) is 0 Å². The van der Waals surface area contributed by atoms with E-state index in [9.17, 15) is 0 Å². The topological polar surface area (TPSA) is 12.0 Å². The van der Waals surface area contributed by atoms with Crippen molar-refractivity contribution >= 4 is 34.5 Å². The molecule has 0 aliphatic carbocycles. The van der Waals surface area contributed by atoms with Gasteiger partial charge in [0.05, 0.1) is 16.1 Å². The Kier molecular flexibility index (Phi) is 4.68. The molecule has 96 valence electrons. The van der Waals surface area contributed by atoms with Crippen LogP contribution >= 0.6 is 34.5 Å². The molecule has 1 aromatic carbocycles. The van der Waals surface area contributed by atoms with E-state index in [1.54, 1.807) is 11.3 Å². The van der Waals surface area contributed by atoms with Gasteiger partial charge in [0, 0.05) is 9.75 Å². The molecule has 18 heavy (non-hydrogen) atoms. The molecule has 1 atom stereocenters. The van der Waals surface area contributed by atoms with Crippen molar-refractivity contribution in [3.63, 3.8) is 0 Å². The minimum absolute atomic E-state index is 0.111. The summed E-state index contributed by atoms with van der Waals surface area (Å²) in [5, 5.41) is 4.70. The summed E-state index contributed by atoms with van der Waals surface area (Å²) >= 11 is 14.2. The first-order valence-electron chi connectivity index (χ1n) is 5.87. The maximum atomic E-state index is 6.31. The molecule has 0 radical (unpaired) electrons. The van der Waals surface area contributed by atoms with Crippen LogP contribution in [0.5, 0.6) is 0 Å². The molecular weight excluding hydrogens is 285 g/mol. The largest absolute Gasteiger partial charge is 0.306 e. The summed E-state index contributed by atoms with van der Waals surface area (Å²) in [5.74, 6) is 0. The summed E-state index contributed by atoms with van der Waals surface area (Å²) in [7, 11) is 0. The summed E-state index contributed by atoms with van der Waals surface area (Å²) in [5.41, 5.74) is 1.04. The fourth-order valence-electron chi connectivity index (χ4n) is 1.92. The minimum atomic E-state index is 0.111. The van der Waals surface area contributed by atoms with Gasteiger partial charge in [-0.3, -0.25) is 0 Å². The van der Waals surface area contributed by atoms with Crippen molar-refractivity contribution in [2.45, 2.75) is 19.9 Å². The highest BCUT2D eigenvalue weighted by Gasteiger charge is 2.18. The number of hydrogen-bond donors (Lipinski definition) is 1. The van der Waals surface area contributed by atoms with E-state index in [1.807, 2.05) is 18.2 Å². The second-order valence-electron chi connectivity index (χ2n) is 4.08. The van der Waals surface area contributed by atoms with Gasteiger partial charge in [-0.2, -0.15) is 0 Å². The molecule has 1 aromatic heterocycles. The molecule has 1 nitrogen and oxygen atoms in total.